The molecule has 0 saturated carbocycles. The van der Waals surface area contributed by atoms with Crippen LogP contribution in [0.25, 0.3) is 0 Å². The van der Waals surface area contributed by atoms with Gasteiger partial charge < -0.3 is 15.0 Å². The smallest absolute Gasteiger partial charge is 0.234 e. The summed E-state index contributed by atoms with van der Waals surface area (Å²) in [7, 11) is 1.65. The molecule has 2 heterocycles. The minimum atomic E-state index is 0.0283. The fourth-order valence-electron chi connectivity index (χ4n) is 3.41. The van der Waals surface area contributed by atoms with Gasteiger partial charge >= 0.3 is 0 Å². The summed E-state index contributed by atoms with van der Waals surface area (Å²) >= 11 is 1.53. The van der Waals surface area contributed by atoms with Crippen LogP contribution in [-0.4, -0.2) is 90.8 Å². The van der Waals surface area contributed by atoms with E-state index in [0.717, 1.165) is 41.6 Å². The Labute approximate surface area is 177 Å². The summed E-state index contributed by atoms with van der Waals surface area (Å²) in [5, 5.41) is 3.67. The van der Waals surface area contributed by atoms with Crippen LogP contribution in [-0.2, 0) is 20.7 Å². The third-order valence-corrected chi connectivity index (χ3v) is 5.66. The number of thioether (sulfide) groups is 1. The lowest BCUT2D eigenvalue weighted by atomic mass is 10.1. The van der Waals surface area contributed by atoms with Crippen molar-refractivity contribution in [2.24, 2.45) is 0 Å². The van der Waals surface area contributed by atoms with Crippen molar-refractivity contribution in [3.63, 3.8) is 0 Å². The van der Waals surface area contributed by atoms with Gasteiger partial charge in [-0.05, 0) is 38.5 Å². The van der Waals surface area contributed by atoms with Crippen molar-refractivity contribution in [2.45, 2.75) is 38.3 Å². The Morgan fingerprint density at radius 3 is 2.38 bits per heavy atom. The summed E-state index contributed by atoms with van der Waals surface area (Å²) in [5.74, 6) is 0.182. The Bertz CT molecular complexity index is 670. The topological polar surface area (TPSA) is 87.7 Å². The number of aryl methyl sites for hydroxylation is 2. The third kappa shape index (κ3) is 7.56. The molecular weight excluding hydrogens is 390 g/mol. The van der Waals surface area contributed by atoms with Gasteiger partial charge in [0.1, 0.15) is 0 Å². The minimum Gasteiger partial charge on any atom is -0.385 e. The van der Waals surface area contributed by atoms with Gasteiger partial charge in [0.25, 0.3) is 0 Å². The molecule has 9 heteroatoms. The molecule has 8 nitrogen and oxygen atoms in total. The number of nitrogens with one attached hydrogen (secondary N) is 1. The quantitative estimate of drug-likeness (QED) is 0.342. The Hall–Kier alpha value is -1.71. The average molecular weight is 424 g/mol. The summed E-state index contributed by atoms with van der Waals surface area (Å²) < 4.78 is 4.97. The fraction of sp³-hybridized carbons (Fsp3) is 0.700. The summed E-state index contributed by atoms with van der Waals surface area (Å²) in [5.41, 5.74) is 2.98. The lowest BCUT2D eigenvalue weighted by molar-refractivity contribution is -0.133. The van der Waals surface area contributed by atoms with E-state index < -0.39 is 0 Å². The second-order valence-electron chi connectivity index (χ2n) is 7.21. The highest BCUT2D eigenvalue weighted by Gasteiger charge is 2.22. The number of rotatable bonds is 10. The number of carbonyl (C=O) groups excluding carboxylic acids is 2. The van der Waals surface area contributed by atoms with Gasteiger partial charge in [-0.3, -0.25) is 14.5 Å². The molecular formula is C20H33N5O3S. The molecule has 1 aliphatic heterocycles. The SMILES string of the molecule is COCCCNC(=O)CN1CCN(C(=O)CCc2c(C)nc(SC)nc2C)CC1. The molecule has 1 saturated heterocycles. The number of piperazine rings is 1. The maximum atomic E-state index is 12.6. The number of amides is 2. The van der Waals surface area contributed by atoms with E-state index in [1.165, 1.54) is 11.8 Å². The van der Waals surface area contributed by atoms with E-state index in [0.29, 0.717) is 45.6 Å². The zero-order chi connectivity index (χ0) is 21.2. The van der Waals surface area contributed by atoms with E-state index in [4.69, 9.17) is 4.74 Å². The number of aromatic nitrogens is 2. The number of hydrogen-bond donors (Lipinski definition) is 1. The first-order valence-corrected chi connectivity index (χ1v) is 11.3. The largest absolute Gasteiger partial charge is 0.385 e. The maximum Gasteiger partial charge on any atom is 0.234 e. The predicted molar refractivity (Wildman–Crippen MR) is 114 cm³/mol. The highest BCUT2D eigenvalue weighted by Crippen LogP contribution is 2.17. The highest BCUT2D eigenvalue weighted by atomic mass is 32.2. The normalized spacial score (nSPS) is 14.8. The number of nitrogens with zero attached hydrogens (tertiary/aromatic N) is 4. The molecule has 0 radical (unpaired) electrons. The monoisotopic (exact) mass is 423 g/mol. The molecule has 0 aliphatic carbocycles. The van der Waals surface area contributed by atoms with Crippen molar-refractivity contribution in [3.05, 3.63) is 17.0 Å². The summed E-state index contributed by atoms with van der Waals surface area (Å²) in [6, 6.07) is 0. The number of methoxy groups -OCH3 is 1. The van der Waals surface area contributed by atoms with E-state index in [9.17, 15) is 9.59 Å². The van der Waals surface area contributed by atoms with E-state index in [1.54, 1.807) is 7.11 Å². The molecule has 162 valence electrons. The van der Waals surface area contributed by atoms with Gasteiger partial charge in [-0.1, -0.05) is 11.8 Å². The van der Waals surface area contributed by atoms with Crippen LogP contribution < -0.4 is 5.32 Å². The molecule has 0 atom stereocenters. The maximum absolute atomic E-state index is 12.6. The molecule has 1 aromatic rings. The third-order valence-electron chi connectivity index (χ3n) is 5.11. The van der Waals surface area contributed by atoms with Gasteiger partial charge in [0.15, 0.2) is 5.16 Å². The van der Waals surface area contributed by atoms with Crippen LogP contribution in [0.2, 0.25) is 0 Å². The molecule has 1 N–H and O–H groups in total. The molecule has 1 fully saturated rings. The zero-order valence-electron chi connectivity index (χ0n) is 18.0. The molecule has 0 spiro atoms. The second-order valence-corrected chi connectivity index (χ2v) is 7.99. The van der Waals surface area contributed by atoms with Gasteiger partial charge in [-0.2, -0.15) is 0 Å². The molecule has 0 bridgehead atoms. The Morgan fingerprint density at radius 1 is 1.14 bits per heavy atom. The lowest BCUT2D eigenvalue weighted by Crippen LogP contribution is -2.51. The molecule has 1 aromatic heterocycles. The first-order chi connectivity index (χ1) is 13.9. The van der Waals surface area contributed by atoms with Gasteiger partial charge in [0.05, 0.1) is 6.54 Å². The van der Waals surface area contributed by atoms with Crippen LogP contribution in [0.15, 0.2) is 5.16 Å². The second kappa shape index (κ2) is 12.1. The van der Waals surface area contributed by atoms with Crippen LogP contribution in [0.5, 0.6) is 0 Å². The fourth-order valence-corrected chi connectivity index (χ4v) is 3.87. The Kier molecular flexibility index (Phi) is 9.83. The van der Waals surface area contributed by atoms with Crippen molar-refractivity contribution in [1.82, 2.24) is 25.1 Å². The van der Waals surface area contributed by atoms with Gasteiger partial charge in [-0.25, -0.2) is 9.97 Å². The Morgan fingerprint density at radius 2 is 1.79 bits per heavy atom. The van der Waals surface area contributed by atoms with Crippen LogP contribution >= 0.6 is 11.8 Å². The molecule has 2 amide bonds. The highest BCUT2D eigenvalue weighted by molar-refractivity contribution is 7.98. The van der Waals surface area contributed by atoms with E-state index in [2.05, 4.69) is 20.2 Å². The van der Waals surface area contributed by atoms with Gasteiger partial charge in [-0.15, -0.1) is 0 Å². The first-order valence-electron chi connectivity index (χ1n) is 10.1. The van der Waals surface area contributed by atoms with Crippen molar-refractivity contribution in [1.29, 1.82) is 0 Å². The van der Waals surface area contributed by atoms with Crippen molar-refractivity contribution in [3.8, 4) is 0 Å². The predicted octanol–water partition coefficient (Wildman–Crippen LogP) is 1.04. The molecule has 2 rings (SSSR count). The van der Waals surface area contributed by atoms with E-state index in [-0.39, 0.29) is 11.8 Å². The van der Waals surface area contributed by atoms with Crippen LogP contribution in [0.4, 0.5) is 0 Å². The summed E-state index contributed by atoms with van der Waals surface area (Å²) in [6.45, 7) is 8.39. The average Bonchev–Trinajstić information content (AvgIpc) is 2.70. The van der Waals surface area contributed by atoms with Gasteiger partial charge in [0.2, 0.25) is 11.8 Å². The standard InChI is InChI=1S/C20H33N5O3S/c1-15-17(16(2)23-20(22-15)29-4)6-7-19(27)25-11-9-24(10-12-25)14-18(26)21-8-5-13-28-3/h5-14H2,1-4H3,(H,21,26). The minimum absolute atomic E-state index is 0.0283. The number of hydrogen-bond acceptors (Lipinski definition) is 7. The van der Waals surface area contributed by atoms with Crippen LogP contribution in [0.1, 0.15) is 29.8 Å². The first kappa shape index (κ1) is 23.6. The van der Waals surface area contributed by atoms with E-state index >= 15 is 0 Å². The molecule has 0 unspecified atom stereocenters. The van der Waals surface area contributed by atoms with Crippen molar-refractivity contribution < 1.29 is 14.3 Å². The molecule has 0 aromatic carbocycles. The molecule has 1 aliphatic rings. The Balaban J connectivity index is 1.73. The number of ether oxygens (including phenoxy) is 1. The summed E-state index contributed by atoms with van der Waals surface area (Å²) in [4.78, 5) is 37.6. The zero-order valence-corrected chi connectivity index (χ0v) is 18.8. The lowest BCUT2D eigenvalue weighted by Gasteiger charge is -2.34. The van der Waals surface area contributed by atoms with Crippen LogP contribution in [0.3, 0.4) is 0 Å². The summed E-state index contributed by atoms with van der Waals surface area (Å²) in [6.07, 6.45) is 3.90. The van der Waals surface area contributed by atoms with Crippen LogP contribution in [0, 0.1) is 13.8 Å². The van der Waals surface area contributed by atoms with Crippen molar-refractivity contribution in [2.75, 3.05) is 59.2 Å². The van der Waals surface area contributed by atoms with E-state index in [1.807, 2.05) is 25.0 Å². The van der Waals surface area contributed by atoms with Crippen molar-refractivity contribution >= 4 is 23.6 Å². The van der Waals surface area contributed by atoms with Gasteiger partial charge in [0, 0.05) is 64.2 Å². The molecule has 29 heavy (non-hydrogen) atoms. The number of carbonyl (C=O) groups is 2.